The molecule has 1 atom stereocenters. The molecule has 0 unspecified atom stereocenters. The lowest BCUT2D eigenvalue weighted by Crippen LogP contribution is -2.30. The van der Waals surface area contributed by atoms with Crippen molar-refractivity contribution in [1.82, 2.24) is 0 Å². The number of carbonyl (C=O) groups excluding carboxylic acids is 2. The summed E-state index contributed by atoms with van der Waals surface area (Å²) in [5.41, 5.74) is 1.33. The van der Waals surface area contributed by atoms with Crippen LogP contribution in [0.5, 0.6) is 0 Å². The molecule has 25 heavy (non-hydrogen) atoms. The van der Waals surface area contributed by atoms with E-state index < -0.39 is 22.9 Å². The average molecular weight is 363 g/mol. The predicted molar refractivity (Wildman–Crippen MR) is 92.8 cm³/mol. The molecule has 1 amide bonds. The maximum absolute atomic E-state index is 12.1. The van der Waals surface area contributed by atoms with Crippen LogP contribution in [0, 0.1) is 17.0 Å². The van der Waals surface area contributed by atoms with Crippen LogP contribution in [-0.2, 0) is 9.53 Å². The molecule has 0 saturated heterocycles. The fourth-order valence-corrected chi connectivity index (χ4v) is 2.19. The van der Waals surface area contributed by atoms with Crippen molar-refractivity contribution in [3.8, 4) is 0 Å². The first-order valence-corrected chi connectivity index (χ1v) is 7.68. The number of hydrogen-bond donors (Lipinski definition) is 1. The number of aryl methyl sites for hydroxylation is 1. The molecule has 0 aliphatic carbocycles. The number of nitrogens with one attached hydrogen (secondary N) is 1. The van der Waals surface area contributed by atoms with Gasteiger partial charge in [-0.25, -0.2) is 4.79 Å². The Kier molecular flexibility index (Phi) is 5.71. The number of hydrogen-bond acceptors (Lipinski definition) is 5. The average Bonchev–Trinajstić information content (AvgIpc) is 2.56. The molecular weight excluding hydrogens is 348 g/mol. The van der Waals surface area contributed by atoms with Gasteiger partial charge >= 0.3 is 5.97 Å². The number of nitro benzene ring substituents is 1. The summed E-state index contributed by atoms with van der Waals surface area (Å²) in [5, 5.41) is 13.2. The molecule has 0 aliphatic rings. The summed E-state index contributed by atoms with van der Waals surface area (Å²) in [5.74, 6) is -1.35. The number of amides is 1. The van der Waals surface area contributed by atoms with E-state index >= 15 is 0 Å². The highest BCUT2D eigenvalue weighted by molar-refractivity contribution is 6.33. The molecule has 2 aromatic carbocycles. The third kappa shape index (κ3) is 4.77. The molecule has 0 radical (unpaired) electrons. The Morgan fingerprint density at radius 1 is 1.20 bits per heavy atom. The van der Waals surface area contributed by atoms with Crippen molar-refractivity contribution in [2.45, 2.75) is 20.0 Å². The summed E-state index contributed by atoms with van der Waals surface area (Å²) >= 11 is 5.87. The number of anilines is 1. The van der Waals surface area contributed by atoms with Crippen LogP contribution in [0.3, 0.4) is 0 Å². The summed E-state index contributed by atoms with van der Waals surface area (Å²) in [6.45, 7) is 3.34. The van der Waals surface area contributed by atoms with Crippen molar-refractivity contribution in [1.29, 1.82) is 0 Å². The van der Waals surface area contributed by atoms with Crippen molar-refractivity contribution < 1.29 is 19.2 Å². The van der Waals surface area contributed by atoms with Gasteiger partial charge in [0.05, 0.1) is 15.5 Å². The number of halogens is 1. The van der Waals surface area contributed by atoms with Gasteiger partial charge in [0.25, 0.3) is 11.6 Å². The van der Waals surface area contributed by atoms with Gasteiger partial charge < -0.3 is 10.1 Å². The molecule has 0 spiro atoms. The Hall–Kier alpha value is -2.93. The minimum atomic E-state index is -1.07. The van der Waals surface area contributed by atoms with E-state index in [9.17, 15) is 19.7 Å². The molecule has 7 nitrogen and oxygen atoms in total. The molecule has 0 bridgehead atoms. The molecular formula is C17H15ClN2O5. The lowest BCUT2D eigenvalue weighted by Gasteiger charge is -2.14. The molecule has 0 heterocycles. The number of ether oxygens (including phenoxy) is 1. The van der Waals surface area contributed by atoms with Gasteiger partial charge in [-0.15, -0.1) is 0 Å². The van der Waals surface area contributed by atoms with Gasteiger partial charge in [0.2, 0.25) is 0 Å². The van der Waals surface area contributed by atoms with Gasteiger partial charge in [0.1, 0.15) is 0 Å². The van der Waals surface area contributed by atoms with Crippen molar-refractivity contribution in [2.75, 3.05) is 5.32 Å². The summed E-state index contributed by atoms with van der Waals surface area (Å²) in [6, 6.07) is 10.5. The van der Waals surface area contributed by atoms with Crippen LogP contribution in [0.2, 0.25) is 5.02 Å². The van der Waals surface area contributed by atoms with Crippen LogP contribution in [0.4, 0.5) is 11.4 Å². The van der Waals surface area contributed by atoms with E-state index in [1.54, 1.807) is 12.1 Å². The Bertz CT molecular complexity index is 820. The van der Waals surface area contributed by atoms with Gasteiger partial charge in [0.15, 0.2) is 6.10 Å². The monoisotopic (exact) mass is 362 g/mol. The van der Waals surface area contributed by atoms with E-state index in [0.29, 0.717) is 5.69 Å². The van der Waals surface area contributed by atoms with E-state index in [4.69, 9.17) is 16.3 Å². The maximum atomic E-state index is 12.1. The number of nitrogens with zero attached hydrogens (tertiary/aromatic N) is 1. The molecule has 0 aromatic heterocycles. The van der Waals surface area contributed by atoms with Gasteiger partial charge in [-0.2, -0.15) is 0 Å². The molecule has 2 aromatic rings. The molecule has 0 aliphatic heterocycles. The van der Waals surface area contributed by atoms with Gasteiger partial charge in [-0.1, -0.05) is 29.3 Å². The molecule has 8 heteroatoms. The number of non-ortho nitro benzene ring substituents is 1. The molecule has 1 N–H and O–H groups in total. The maximum Gasteiger partial charge on any atom is 0.340 e. The van der Waals surface area contributed by atoms with Crippen LogP contribution < -0.4 is 5.32 Å². The molecule has 0 fully saturated rings. The smallest absolute Gasteiger partial charge is 0.340 e. The van der Waals surface area contributed by atoms with E-state index in [2.05, 4.69) is 5.32 Å². The first kappa shape index (κ1) is 18.4. The minimum absolute atomic E-state index is 0.0535. The van der Waals surface area contributed by atoms with Gasteiger partial charge in [-0.05, 0) is 32.0 Å². The third-order valence-electron chi connectivity index (χ3n) is 3.36. The largest absolute Gasteiger partial charge is 0.449 e. The lowest BCUT2D eigenvalue weighted by molar-refractivity contribution is -0.384. The fraction of sp³-hybridized carbons (Fsp3) is 0.176. The topological polar surface area (TPSA) is 98.5 Å². The van der Waals surface area contributed by atoms with Crippen LogP contribution >= 0.6 is 11.6 Å². The summed E-state index contributed by atoms with van der Waals surface area (Å²) in [6.07, 6.45) is -1.07. The second kappa shape index (κ2) is 7.76. The lowest BCUT2D eigenvalue weighted by atomic mass is 10.2. The Morgan fingerprint density at radius 2 is 1.84 bits per heavy atom. The Labute approximate surface area is 148 Å². The summed E-state index contributed by atoms with van der Waals surface area (Å²) < 4.78 is 5.07. The number of benzene rings is 2. The second-order valence-electron chi connectivity index (χ2n) is 5.32. The third-order valence-corrected chi connectivity index (χ3v) is 3.67. The van der Waals surface area contributed by atoms with E-state index in [1.165, 1.54) is 13.0 Å². The predicted octanol–water partition coefficient (Wildman–Crippen LogP) is 3.74. The summed E-state index contributed by atoms with van der Waals surface area (Å²) in [4.78, 5) is 34.2. The van der Waals surface area contributed by atoms with E-state index in [1.807, 2.05) is 19.1 Å². The van der Waals surface area contributed by atoms with Crippen molar-refractivity contribution in [3.63, 3.8) is 0 Å². The Morgan fingerprint density at radius 3 is 2.40 bits per heavy atom. The highest BCUT2D eigenvalue weighted by atomic mass is 35.5. The van der Waals surface area contributed by atoms with Crippen LogP contribution in [0.15, 0.2) is 42.5 Å². The zero-order valence-corrected chi connectivity index (χ0v) is 14.2. The highest BCUT2D eigenvalue weighted by Crippen LogP contribution is 2.23. The van der Waals surface area contributed by atoms with Crippen molar-refractivity contribution in [3.05, 3.63) is 68.7 Å². The van der Waals surface area contributed by atoms with Crippen LogP contribution in [0.1, 0.15) is 22.8 Å². The van der Waals surface area contributed by atoms with Crippen molar-refractivity contribution >= 4 is 34.9 Å². The van der Waals surface area contributed by atoms with Crippen LogP contribution in [0.25, 0.3) is 0 Å². The number of esters is 1. The molecule has 130 valence electrons. The zero-order valence-electron chi connectivity index (χ0n) is 13.5. The van der Waals surface area contributed by atoms with Crippen LogP contribution in [-0.4, -0.2) is 22.9 Å². The van der Waals surface area contributed by atoms with E-state index in [0.717, 1.165) is 17.7 Å². The SMILES string of the molecule is Cc1ccc(NC(=O)[C@H](C)OC(=O)c2ccc([N+](=O)[O-])cc2Cl)cc1. The Balaban J connectivity index is 2.02. The highest BCUT2D eigenvalue weighted by Gasteiger charge is 2.22. The zero-order chi connectivity index (χ0) is 18.6. The molecule has 0 saturated carbocycles. The second-order valence-corrected chi connectivity index (χ2v) is 5.73. The number of carbonyl (C=O) groups is 2. The minimum Gasteiger partial charge on any atom is -0.449 e. The van der Waals surface area contributed by atoms with Gasteiger partial charge in [0, 0.05) is 17.8 Å². The number of nitro groups is 1. The summed E-state index contributed by atoms with van der Waals surface area (Å²) in [7, 11) is 0. The number of rotatable bonds is 5. The fourth-order valence-electron chi connectivity index (χ4n) is 1.94. The first-order chi connectivity index (χ1) is 11.8. The standard InChI is InChI=1S/C17H15ClN2O5/c1-10-3-5-12(6-4-10)19-16(21)11(2)25-17(22)14-8-7-13(20(23)24)9-15(14)18/h3-9,11H,1-2H3,(H,19,21)/t11-/m0/s1. The van der Waals surface area contributed by atoms with Crippen molar-refractivity contribution in [2.24, 2.45) is 0 Å². The van der Waals surface area contributed by atoms with E-state index in [-0.39, 0.29) is 16.3 Å². The quantitative estimate of drug-likeness (QED) is 0.496. The molecule has 2 rings (SSSR count). The normalized spacial score (nSPS) is 11.5. The van der Waals surface area contributed by atoms with Gasteiger partial charge in [-0.3, -0.25) is 14.9 Å². The first-order valence-electron chi connectivity index (χ1n) is 7.30.